The lowest BCUT2D eigenvalue weighted by Gasteiger charge is -2.14. The van der Waals surface area contributed by atoms with E-state index < -0.39 is 6.10 Å². The van der Waals surface area contributed by atoms with Crippen LogP contribution in [0, 0.1) is 13.8 Å². The molecule has 3 rings (SSSR count). The number of hydrogen-bond donors (Lipinski definition) is 2. The van der Waals surface area contributed by atoms with Crippen molar-refractivity contribution >= 4 is 16.9 Å². The molecule has 5 heteroatoms. The Labute approximate surface area is 146 Å². The standard InChI is InChI=1S/C20H21NO4/c1-12-7-4-5-8-14(12)16(22)11-21-20(23)18-13(2)15-9-6-10-17(24-3)19(15)25-18/h4-10,16,22H,11H2,1-3H3,(H,21,23). The fourth-order valence-corrected chi connectivity index (χ4v) is 2.93. The van der Waals surface area contributed by atoms with Crippen molar-refractivity contribution in [3.63, 3.8) is 0 Å². The summed E-state index contributed by atoms with van der Waals surface area (Å²) in [5.74, 6) is 0.458. The van der Waals surface area contributed by atoms with E-state index in [4.69, 9.17) is 9.15 Å². The zero-order valence-corrected chi connectivity index (χ0v) is 14.5. The Bertz CT molecular complexity index is 913. The average Bonchev–Trinajstić information content (AvgIpc) is 2.97. The van der Waals surface area contributed by atoms with Crippen molar-refractivity contribution in [3.8, 4) is 5.75 Å². The third-order valence-corrected chi connectivity index (χ3v) is 4.36. The van der Waals surface area contributed by atoms with Gasteiger partial charge in [-0.15, -0.1) is 0 Å². The van der Waals surface area contributed by atoms with Crippen LogP contribution in [0.4, 0.5) is 0 Å². The summed E-state index contributed by atoms with van der Waals surface area (Å²) in [6.45, 7) is 3.87. The van der Waals surface area contributed by atoms with E-state index in [-0.39, 0.29) is 18.2 Å². The molecule has 1 aromatic heterocycles. The molecule has 0 radical (unpaired) electrons. The molecule has 0 aliphatic rings. The summed E-state index contributed by atoms with van der Waals surface area (Å²) >= 11 is 0. The number of benzene rings is 2. The van der Waals surface area contributed by atoms with Crippen molar-refractivity contribution in [2.45, 2.75) is 20.0 Å². The van der Waals surface area contributed by atoms with Gasteiger partial charge in [-0.05, 0) is 31.0 Å². The molecule has 1 unspecified atom stereocenters. The maximum atomic E-state index is 12.5. The number of hydrogen-bond acceptors (Lipinski definition) is 4. The van der Waals surface area contributed by atoms with Gasteiger partial charge in [0.15, 0.2) is 17.1 Å². The van der Waals surface area contributed by atoms with Gasteiger partial charge in [0, 0.05) is 17.5 Å². The zero-order valence-electron chi connectivity index (χ0n) is 14.5. The Kier molecular flexibility index (Phi) is 4.76. The van der Waals surface area contributed by atoms with E-state index in [0.717, 1.165) is 22.1 Å². The minimum absolute atomic E-state index is 0.108. The van der Waals surface area contributed by atoms with Gasteiger partial charge in [0.2, 0.25) is 0 Å². The molecule has 2 aromatic carbocycles. The Balaban J connectivity index is 1.79. The second kappa shape index (κ2) is 6.99. The summed E-state index contributed by atoms with van der Waals surface area (Å²) < 4.78 is 11.0. The predicted octanol–water partition coefficient (Wildman–Crippen LogP) is 3.52. The van der Waals surface area contributed by atoms with Crippen molar-refractivity contribution < 1.29 is 19.1 Å². The fourth-order valence-electron chi connectivity index (χ4n) is 2.93. The number of aliphatic hydroxyl groups excluding tert-OH is 1. The maximum Gasteiger partial charge on any atom is 0.287 e. The SMILES string of the molecule is COc1cccc2c(C)c(C(=O)NCC(O)c3ccccc3C)oc12. The van der Waals surface area contributed by atoms with Gasteiger partial charge in [-0.1, -0.05) is 36.4 Å². The van der Waals surface area contributed by atoms with Gasteiger partial charge in [-0.2, -0.15) is 0 Å². The summed E-state index contributed by atoms with van der Waals surface area (Å²) in [4.78, 5) is 12.5. The van der Waals surface area contributed by atoms with Crippen LogP contribution in [0.3, 0.4) is 0 Å². The molecular formula is C20H21NO4. The van der Waals surface area contributed by atoms with Crippen LogP contribution in [-0.4, -0.2) is 24.7 Å². The highest BCUT2D eigenvalue weighted by Gasteiger charge is 2.20. The van der Waals surface area contributed by atoms with Crippen LogP contribution in [0.1, 0.15) is 33.3 Å². The van der Waals surface area contributed by atoms with E-state index in [1.54, 1.807) is 13.2 Å². The third kappa shape index (κ3) is 3.23. The number of aryl methyl sites for hydroxylation is 2. The molecule has 0 spiro atoms. The van der Waals surface area contributed by atoms with Crippen molar-refractivity contribution in [2.24, 2.45) is 0 Å². The molecule has 5 nitrogen and oxygen atoms in total. The van der Waals surface area contributed by atoms with Gasteiger partial charge < -0.3 is 19.6 Å². The minimum atomic E-state index is -0.774. The minimum Gasteiger partial charge on any atom is -0.493 e. The molecule has 0 fully saturated rings. The number of nitrogens with one attached hydrogen (secondary N) is 1. The molecule has 1 atom stereocenters. The first-order chi connectivity index (χ1) is 12.0. The van der Waals surface area contributed by atoms with Crippen molar-refractivity contribution in [3.05, 3.63) is 64.9 Å². The van der Waals surface area contributed by atoms with E-state index in [1.165, 1.54) is 0 Å². The number of rotatable bonds is 5. The molecule has 25 heavy (non-hydrogen) atoms. The number of carbonyl (C=O) groups is 1. The Morgan fingerprint density at radius 3 is 2.68 bits per heavy atom. The van der Waals surface area contributed by atoms with Gasteiger partial charge in [0.05, 0.1) is 13.2 Å². The lowest BCUT2D eigenvalue weighted by Crippen LogP contribution is -2.28. The summed E-state index contributed by atoms with van der Waals surface area (Å²) in [6, 6.07) is 13.1. The molecular weight excluding hydrogens is 318 g/mol. The monoisotopic (exact) mass is 339 g/mol. The van der Waals surface area contributed by atoms with Crippen LogP contribution in [0.2, 0.25) is 0 Å². The number of furan rings is 1. The first-order valence-corrected chi connectivity index (χ1v) is 8.10. The number of para-hydroxylation sites is 1. The molecule has 0 saturated carbocycles. The van der Waals surface area contributed by atoms with Crippen LogP contribution in [0.25, 0.3) is 11.0 Å². The smallest absolute Gasteiger partial charge is 0.287 e. The van der Waals surface area contributed by atoms with E-state index in [0.29, 0.717) is 11.3 Å². The van der Waals surface area contributed by atoms with E-state index in [2.05, 4.69) is 5.32 Å². The van der Waals surface area contributed by atoms with Crippen LogP contribution in [0.5, 0.6) is 5.75 Å². The van der Waals surface area contributed by atoms with Gasteiger partial charge in [0.25, 0.3) is 5.91 Å². The highest BCUT2D eigenvalue weighted by Crippen LogP contribution is 2.32. The summed E-state index contributed by atoms with van der Waals surface area (Å²) in [5.41, 5.74) is 3.07. The largest absolute Gasteiger partial charge is 0.493 e. The number of methoxy groups -OCH3 is 1. The number of fused-ring (bicyclic) bond motifs is 1. The molecule has 2 N–H and O–H groups in total. The second-order valence-electron chi connectivity index (χ2n) is 5.98. The normalized spacial score (nSPS) is 12.2. The van der Waals surface area contributed by atoms with Gasteiger partial charge in [0.1, 0.15) is 0 Å². The number of amides is 1. The molecule has 1 heterocycles. The van der Waals surface area contributed by atoms with Crippen LogP contribution >= 0.6 is 0 Å². The number of ether oxygens (including phenoxy) is 1. The third-order valence-electron chi connectivity index (χ3n) is 4.36. The molecule has 130 valence electrons. The molecule has 0 saturated heterocycles. The summed E-state index contributed by atoms with van der Waals surface area (Å²) in [6.07, 6.45) is -0.774. The molecule has 0 aliphatic carbocycles. The lowest BCUT2D eigenvalue weighted by molar-refractivity contribution is 0.0890. The summed E-state index contributed by atoms with van der Waals surface area (Å²) in [5, 5.41) is 13.9. The van der Waals surface area contributed by atoms with E-state index >= 15 is 0 Å². The maximum absolute atomic E-state index is 12.5. The van der Waals surface area contributed by atoms with Crippen LogP contribution < -0.4 is 10.1 Å². The molecule has 0 aliphatic heterocycles. The van der Waals surface area contributed by atoms with Crippen molar-refractivity contribution in [1.82, 2.24) is 5.32 Å². The number of carbonyl (C=O) groups excluding carboxylic acids is 1. The van der Waals surface area contributed by atoms with Gasteiger partial charge >= 0.3 is 0 Å². The topological polar surface area (TPSA) is 71.7 Å². The van der Waals surface area contributed by atoms with Crippen LogP contribution in [0.15, 0.2) is 46.9 Å². The molecule has 1 amide bonds. The highest BCUT2D eigenvalue weighted by molar-refractivity contribution is 6.00. The Morgan fingerprint density at radius 1 is 1.20 bits per heavy atom. The van der Waals surface area contributed by atoms with Crippen LogP contribution in [-0.2, 0) is 0 Å². The quantitative estimate of drug-likeness (QED) is 0.746. The highest BCUT2D eigenvalue weighted by atomic mass is 16.5. The van der Waals surface area contributed by atoms with Crippen molar-refractivity contribution in [2.75, 3.05) is 13.7 Å². The Hall–Kier alpha value is -2.79. The second-order valence-corrected chi connectivity index (χ2v) is 5.98. The predicted molar refractivity (Wildman–Crippen MR) is 96.0 cm³/mol. The lowest BCUT2D eigenvalue weighted by atomic mass is 10.0. The van der Waals surface area contributed by atoms with Gasteiger partial charge in [-0.25, -0.2) is 0 Å². The summed E-state index contributed by atoms with van der Waals surface area (Å²) in [7, 11) is 1.56. The Morgan fingerprint density at radius 2 is 1.96 bits per heavy atom. The van der Waals surface area contributed by atoms with E-state index in [1.807, 2.05) is 50.2 Å². The fraction of sp³-hybridized carbons (Fsp3) is 0.250. The van der Waals surface area contributed by atoms with Gasteiger partial charge in [-0.3, -0.25) is 4.79 Å². The first-order valence-electron chi connectivity index (χ1n) is 8.10. The molecule has 3 aromatic rings. The molecule has 0 bridgehead atoms. The number of aliphatic hydroxyl groups is 1. The average molecular weight is 339 g/mol. The zero-order chi connectivity index (χ0) is 18.0. The van der Waals surface area contributed by atoms with Crippen molar-refractivity contribution in [1.29, 1.82) is 0 Å². The first kappa shape index (κ1) is 17.0. The van der Waals surface area contributed by atoms with E-state index in [9.17, 15) is 9.90 Å².